The molecule has 88 valence electrons. The summed E-state index contributed by atoms with van der Waals surface area (Å²) >= 11 is 0. The van der Waals surface area contributed by atoms with E-state index in [1.807, 2.05) is 0 Å². The lowest BCUT2D eigenvalue weighted by Crippen LogP contribution is -2.44. The average Bonchev–Trinajstić information content (AvgIpc) is 2.64. The van der Waals surface area contributed by atoms with Crippen molar-refractivity contribution < 1.29 is 19.4 Å². The Morgan fingerprint density at radius 3 is 3.00 bits per heavy atom. The Bertz CT molecular complexity index is 211. The molecule has 0 radical (unpaired) electrons. The zero-order valence-corrected chi connectivity index (χ0v) is 9.07. The molecule has 1 rings (SSSR count). The lowest BCUT2D eigenvalue weighted by molar-refractivity contribution is -0.143. The maximum absolute atomic E-state index is 10.7. The SMILES string of the molecule is CC(N)(CCCOC1CCOC1)C(=O)O. The lowest BCUT2D eigenvalue weighted by atomic mass is 9.98. The molecule has 1 heterocycles. The summed E-state index contributed by atoms with van der Waals surface area (Å²) in [7, 11) is 0. The third-order valence-electron chi connectivity index (χ3n) is 2.57. The fourth-order valence-corrected chi connectivity index (χ4v) is 1.44. The van der Waals surface area contributed by atoms with Gasteiger partial charge in [-0.05, 0) is 26.2 Å². The van der Waals surface area contributed by atoms with Crippen LogP contribution in [0.5, 0.6) is 0 Å². The molecule has 0 saturated carbocycles. The van der Waals surface area contributed by atoms with Crippen molar-refractivity contribution >= 4 is 5.97 Å². The molecule has 0 amide bonds. The summed E-state index contributed by atoms with van der Waals surface area (Å²) in [5.41, 5.74) is 4.43. The Morgan fingerprint density at radius 2 is 2.47 bits per heavy atom. The number of rotatable bonds is 6. The van der Waals surface area contributed by atoms with E-state index in [4.69, 9.17) is 20.3 Å². The number of carboxylic acids is 1. The van der Waals surface area contributed by atoms with Gasteiger partial charge in [0.25, 0.3) is 0 Å². The Hall–Kier alpha value is -0.650. The largest absolute Gasteiger partial charge is 0.480 e. The predicted molar refractivity (Wildman–Crippen MR) is 54.6 cm³/mol. The molecule has 1 fully saturated rings. The van der Waals surface area contributed by atoms with E-state index in [0.717, 1.165) is 13.0 Å². The summed E-state index contributed by atoms with van der Waals surface area (Å²) in [4.78, 5) is 10.7. The van der Waals surface area contributed by atoms with Crippen molar-refractivity contribution in [2.24, 2.45) is 5.73 Å². The summed E-state index contributed by atoms with van der Waals surface area (Å²) in [6, 6.07) is 0. The summed E-state index contributed by atoms with van der Waals surface area (Å²) in [5, 5.41) is 8.77. The first-order chi connectivity index (χ1) is 7.02. The molecule has 2 unspecified atom stereocenters. The highest BCUT2D eigenvalue weighted by atomic mass is 16.5. The van der Waals surface area contributed by atoms with Crippen molar-refractivity contribution in [1.29, 1.82) is 0 Å². The van der Waals surface area contributed by atoms with E-state index in [-0.39, 0.29) is 6.10 Å². The predicted octanol–water partition coefficient (Wildman–Crippen LogP) is 0.374. The Kier molecular flexibility index (Phi) is 4.50. The van der Waals surface area contributed by atoms with Crippen molar-refractivity contribution in [3.63, 3.8) is 0 Å². The minimum absolute atomic E-state index is 0.179. The van der Waals surface area contributed by atoms with Crippen LogP contribution in [-0.4, -0.2) is 42.5 Å². The van der Waals surface area contributed by atoms with Crippen LogP contribution in [0.3, 0.4) is 0 Å². The van der Waals surface area contributed by atoms with Crippen LogP contribution in [0.15, 0.2) is 0 Å². The molecule has 3 N–H and O–H groups in total. The first kappa shape index (κ1) is 12.4. The van der Waals surface area contributed by atoms with Gasteiger partial charge in [-0.1, -0.05) is 0 Å². The van der Waals surface area contributed by atoms with Gasteiger partial charge < -0.3 is 20.3 Å². The smallest absolute Gasteiger partial charge is 0.323 e. The van der Waals surface area contributed by atoms with E-state index in [2.05, 4.69) is 0 Å². The third-order valence-corrected chi connectivity index (χ3v) is 2.57. The molecule has 5 nitrogen and oxygen atoms in total. The van der Waals surface area contributed by atoms with Gasteiger partial charge in [-0.15, -0.1) is 0 Å². The van der Waals surface area contributed by atoms with Crippen LogP contribution in [0.2, 0.25) is 0 Å². The van der Waals surface area contributed by atoms with Gasteiger partial charge in [0.2, 0.25) is 0 Å². The van der Waals surface area contributed by atoms with Crippen molar-refractivity contribution in [1.82, 2.24) is 0 Å². The second kappa shape index (κ2) is 5.44. The Balaban J connectivity index is 2.08. The second-order valence-electron chi connectivity index (χ2n) is 4.18. The maximum atomic E-state index is 10.7. The fraction of sp³-hybridized carbons (Fsp3) is 0.900. The second-order valence-corrected chi connectivity index (χ2v) is 4.18. The minimum atomic E-state index is -1.14. The zero-order valence-electron chi connectivity index (χ0n) is 9.07. The topological polar surface area (TPSA) is 81.8 Å². The van der Waals surface area contributed by atoms with Crippen molar-refractivity contribution in [2.45, 2.75) is 37.8 Å². The van der Waals surface area contributed by atoms with Gasteiger partial charge in [0.05, 0.1) is 12.7 Å². The lowest BCUT2D eigenvalue weighted by Gasteiger charge is -2.19. The average molecular weight is 217 g/mol. The van der Waals surface area contributed by atoms with E-state index < -0.39 is 11.5 Å². The van der Waals surface area contributed by atoms with Gasteiger partial charge in [0.1, 0.15) is 5.54 Å². The molecule has 0 aromatic carbocycles. The maximum Gasteiger partial charge on any atom is 0.323 e. The molecule has 1 aliphatic heterocycles. The van der Waals surface area contributed by atoms with Crippen molar-refractivity contribution in [2.75, 3.05) is 19.8 Å². The first-order valence-electron chi connectivity index (χ1n) is 5.24. The summed E-state index contributed by atoms with van der Waals surface area (Å²) in [5.74, 6) is -0.966. The third kappa shape index (κ3) is 4.15. The number of carboxylic acid groups (broad SMARTS) is 1. The number of carbonyl (C=O) groups is 1. The monoisotopic (exact) mass is 217 g/mol. The van der Waals surface area contributed by atoms with Crippen LogP contribution in [0, 0.1) is 0 Å². The molecular formula is C10H19NO4. The van der Waals surface area contributed by atoms with Crippen molar-refractivity contribution in [3.05, 3.63) is 0 Å². The van der Waals surface area contributed by atoms with Crippen LogP contribution in [-0.2, 0) is 14.3 Å². The summed E-state index contributed by atoms with van der Waals surface area (Å²) in [6.07, 6.45) is 2.20. The minimum Gasteiger partial charge on any atom is -0.480 e. The number of aliphatic carboxylic acids is 1. The van der Waals surface area contributed by atoms with Crippen LogP contribution >= 0.6 is 0 Å². The molecule has 0 spiro atoms. The standard InChI is InChI=1S/C10H19NO4/c1-10(11,9(12)13)4-2-5-15-8-3-6-14-7-8/h8H,2-7,11H2,1H3,(H,12,13). The summed E-state index contributed by atoms with van der Waals surface area (Å²) in [6.45, 7) is 3.48. The van der Waals surface area contributed by atoms with Gasteiger partial charge in [-0.25, -0.2) is 0 Å². The summed E-state index contributed by atoms with van der Waals surface area (Å²) < 4.78 is 10.7. The van der Waals surface area contributed by atoms with E-state index >= 15 is 0 Å². The van der Waals surface area contributed by atoms with Gasteiger partial charge in [-0.3, -0.25) is 4.79 Å². The highest BCUT2D eigenvalue weighted by Crippen LogP contribution is 2.12. The quantitative estimate of drug-likeness (QED) is 0.628. The van der Waals surface area contributed by atoms with Crippen LogP contribution in [0.25, 0.3) is 0 Å². The molecule has 0 aliphatic carbocycles. The van der Waals surface area contributed by atoms with Gasteiger partial charge in [0, 0.05) is 13.2 Å². The van der Waals surface area contributed by atoms with Gasteiger partial charge >= 0.3 is 5.97 Å². The molecule has 0 aromatic heterocycles. The van der Waals surface area contributed by atoms with E-state index in [1.54, 1.807) is 0 Å². The highest BCUT2D eigenvalue weighted by Gasteiger charge is 2.27. The zero-order chi connectivity index (χ0) is 11.3. The van der Waals surface area contributed by atoms with Crippen LogP contribution in [0.1, 0.15) is 26.2 Å². The van der Waals surface area contributed by atoms with E-state index in [9.17, 15) is 4.79 Å². The Labute approximate surface area is 89.5 Å². The number of ether oxygens (including phenoxy) is 2. The van der Waals surface area contributed by atoms with Gasteiger partial charge in [-0.2, -0.15) is 0 Å². The molecule has 1 saturated heterocycles. The highest BCUT2D eigenvalue weighted by molar-refractivity contribution is 5.77. The number of hydrogen-bond acceptors (Lipinski definition) is 4. The molecule has 5 heteroatoms. The first-order valence-corrected chi connectivity index (χ1v) is 5.24. The molecule has 2 atom stereocenters. The normalized spacial score (nSPS) is 25.1. The van der Waals surface area contributed by atoms with Crippen LogP contribution < -0.4 is 5.73 Å². The molecular weight excluding hydrogens is 198 g/mol. The Morgan fingerprint density at radius 1 is 1.73 bits per heavy atom. The molecule has 0 aromatic rings. The molecule has 1 aliphatic rings. The number of hydrogen-bond donors (Lipinski definition) is 2. The van der Waals surface area contributed by atoms with Crippen LogP contribution in [0.4, 0.5) is 0 Å². The van der Waals surface area contributed by atoms with Gasteiger partial charge in [0.15, 0.2) is 0 Å². The fourth-order valence-electron chi connectivity index (χ4n) is 1.44. The number of nitrogens with two attached hydrogens (primary N) is 1. The van der Waals surface area contributed by atoms with E-state index in [0.29, 0.717) is 26.1 Å². The van der Waals surface area contributed by atoms with E-state index in [1.165, 1.54) is 6.92 Å². The molecule has 0 bridgehead atoms. The molecule has 15 heavy (non-hydrogen) atoms. The van der Waals surface area contributed by atoms with Crippen molar-refractivity contribution in [3.8, 4) is 0 Å².